The van der Waals surface area contributed by atoms with Gasteiger partial charge >= 0.3 is 0 Å². The molecule has 1 aromatic rings. The molecule has 0 aromatic heterocycles. The Morgan fingerprint density at radius 2 is 2.22 bits per heavy atom. The summed E-state index contributed by atoms with van der Waals surface area (Å²) < 4.78 is 6.69. The number of rotatable bonds is 2. The summed E-state index contributed by atoms with van der Waals surface area (Å²) in [5, 5.41) is 2.91. The fraction of sp³-hybridized carbons (Fsp3) is 0.500. The van der Waals surface area contributed by atoms with E-state index in [-0.39, 0.29) is 12.0 Å². The lowest BCUT2D eigenvalue weighted by atomic mass is 10.0. The van der Waals surface area contributed by atoms with Crippen molar-refractivity contribution in [1.29, 1.82) is 0 Å². The van der Waals surface area contributed by atoms with Crippen LogP contribution in [0.1, 0.15) is 32.8 Å². The van der Waals surface area contributed by atoms with E-state index in [0.717, 1.165) is 22.3 Å². The lowest BCUT2D eigenvalue weighted by Crippen LogP contribution is -2.17. The third-order valence-corrected chi connectivity index (χ3v) is 3.40. The minimum absolute atomic E-state index is 0.00912. The maximum atomic E-state index is 11.7. The van der Waals surface area contributed by atoms with Crippen molar-refractivity contribution >= 4 is 27.5 Å². The molecule has 0 saturated heterocycles. The van der Waals surface area contributed by atoms with Crippen LogP contribution in [0.4, 0.5) is 5.69 Å². The standard InChI is InChI=1S/C14H18BrNO2/c1-8(2)4-10-6-11(15)14-12(7-10)16-13(17)5-9(3)18-14/h6-9H,4-5H2,1-3H3,(H,16,17). The lowest BCUT2D eigenvalue weighted by molar-refractivity contribution is -0.117. The van der Waals surface area contributed by atoms with E-state index in [2.05, 4.69) is 41.2 Å². The molecule has 4 heteroatoms. The van der Waals surface area contributed by atoms with Crippen molar-refractivity contribution in [3.63, 3.8) is 0 Å². The van der Waals surface area contributed by atoms with Crippen molar-refractivity contribution in [1.82, 2.24) is 0 Å². The van der Waals surface area contributed by atoms with Crippen LogP contribution in [0.15, 0.2) is 16.6 Å². The average molecular weight is 312 g/mol. The molecule has 1 N–H and O–H groups in total. The Morgan fingerprint density at radius 1 is 1.50 bits per heavy atom. The van der Waals surface area contributed by atoms with Gasteiger partial charge in [0.1, 0.15) is 6.10 Å². The van der Waals surface area contributed by atoms with Gasteiger partial charge in [0.15, 0.2) is 5.75 Å². The van der Waals surface area contributed by atoms with Gasteiger partial charge in [-0.1, -0.05) is 13.8 Å². The second kappa shape index (κ2) is 5.31. The fourth-order valence-electron chi connectivity index (χ4n) is 2.16. The molecule has 1 amide bonds. The highest BCUT2D eigenvalue weighted by Crippen LogP contribution is 2.38. The highest BCUT2D eigenvalue weighted by molar-refractivity contribution is 9.10. The highest BCUT2D eigenvalue weighted by Gasteiger charge is 2.22. The van der Waals surface area contributed by atoms with Gasteiger partial charge < -0.3 is 10.1 Å². The molecular weight excluding hydrogens is 294 g/mol. The molecule has 1 aliphatic rings. The molecule has 1 unspecified atom stereocenters. The first-order valence-electron chi connectivity index (χ1n) is 6.24. The van der Waals surface area contributed by atoms with Crippen molar-refractivity contribution in [2.45, 2.75) is 39.7 Å². The molecular formula is C14H18BrNO2. The minimum Gasteiger partial charge on any atom is -0.487 e. The minimum atomic E-state index is -0.0986. The number of anilines is 1. The first kappa shape index (κ1) is 13.4. The predicted octanol–water partition coefficient (Wildman–Crippen LogP) is 3.76. The molecule has 3 nitrogen and oxygen atoms in total. The van der Waals surface area contributed by atoms with Crippen LogP contribution in [0, 0.1) is 5.92 Å². The highest BCUT2D eigenvalue weighted by atomic mass is 79.9. The van der Waals surface area contributed by atoms with E-state index >= 15 is 0 Å². The summed E-state index contributed by atoms with van der Waals surface area (Å²) in [5.74, 6) is 1.33. The van der Waals surface area contributed by atoms with E-state index in [4.69, 9.17) is 4.74 Å². The van der Waals surface area contributed by atoms with Crippen LogP contribution < -0.4 is 10.1 Å². The summed E-state index contributed by atoms with van der Waals surface area (Å²) in [6.07, 6.45) is 1.27. The van der Waals surface area contributed by atoms with E-state index in [0.29, 0.717) is 12.3 Å². The average Bonchev–Trinajstić information content (AvgIpc) is 2.35. The molecule has 98 valence electrons. The van der Waals surface area contributed by atoms with Gasteiger partial charge in [-0.05, 0) is 52.9 Å². The summed E-state index contributed by atoms with van der Waals surface area (Å²) >= 11 is 3.53. The Morgan fingerprint density at radius 3 is 2.89 bits per heavy atom. The summed E-state index contributed by atoms with van der Waals surface area (Å²) in [5.41, 5.74) is 1.98. The Hall–Kier alpha value is -1.03. The van der Waals surface area contributed by atoms with Crippen LogP contribution >= 0.6 is 15.9 Å². The molecule has 0 saturated carbocycles. The number of carbonyl (C=O) groups is 1. The van der Waals surface area contributed by atoms with Crippen molar-refractivity contribution in [2.75, 3.05) is 5.32 Å². The van der Waals surface area contributed by atoms with Crippen LogP contribution in [0.3, 0.4) is 0 Å². The number of nitrogens with one attached hydrogen (secondary N) is 1. The number of fused-ring (bicyclic) bond motifs is 1. The number of halogens is 1. The SMILES string of the molecule is CC(C)Cc1cc(Br)c2c(c1)NC(=O)CC(C)O2. The molecule has 0 aliphatic carbocycles. The van der Waals surface area contributed by atoms with Gasteiger partial charge in [0.05, 0.1) is 16.6 Å². The van der Waals surface area contributed by atoms with Gasteiger partial charge in [0.25, 0.3) is 0 Å². The van der Waals surface area contributed by atoms with Crippen molar-refractivity contribution < 1.29 is 9.53 Å². The zero-order valence-electron chi connectivity index (χ0n) is 10.9. The maximum absolute atomic E-state index is 11.7. The van der Waals surface area contributed by atoms with Crippen LogP contribution in [-0.4, -0.2) is 12.0 Å². The van der Waals surface area contributed by atoms with Crippen LogP contribution in [-0.2, 0) is 11.2 Å². The van der Waals surface area contributed by atoms with Gasteiger partial charge in [0, 0.05) is 0 Å². The van der Waals surface area contributed by atoms with Gasteiger partial charge in [-0.25, -0.2) is 0 Å². The predicted molar refractivity (Wildman–Crippen MR) is 76.0 cm³/mol. The Balaban J connectivity index is 2.39. The van der Waals surface area contributed by atoms with Crippen molar-refractivity contribution in [3.8, 4) is 5.75 Å². The third kappa shape index (κ3) is 3.05. The first-order valence-corrected chi connectivity index (χ1v) is 7.04. The molecule has 2 rings (SSSR count). The molecule has 1 aromatic carbocycles. The number of hydrogen-bond acceptors (Lipinski definition) is 2. The third-order valence-electron chi connectivity index (χ3n) is 2.81. The summed E-state index contributed by atoms with van der Waals surface area (Å²) in [6.45, 7) is 6.26. The smallest absolute Gasteiger partial charge is 0.228 e. The number of hydrogen-bond donors (Lipinski definition) is 1. The number of ether oxygens (including phenoxy) is 1. The molecule has 0 fully saturated rings. The number of benzene rings is 1. The van der Waals surface area contributed by atoms with Gasteiger partial charge in [0.2, 0.25) is 5.91 Å². The fourth-order valence-corrected chi connectivity index (χ4v) is 2.76. The quantitative estimate of drug-likeness (QED) is 0.903. The second-order valence-electron chi connectivity index (χ2n) is 5.23. The number of amides is 1. The molecule has 0 bridgehead atoms. The molecule has 1 heterocycles. The summed E-state index contributed by atoms with van der Waals surface area (Å²) in [6, 6.07) is 4.08. The maximum Gasteiger partial charge on any atom is 0.228 e. The zero-order chi connectivity index (χ0) is 13.3. The first-order chi connectivity index (χ1) is 8.45. The van der Waals surface area contributed by atoms with E-state index in [1.54, 1.807) is 0 Å². The zero-order valence-corrected chi connectivity index (χ0v) is 12.5. The Kier molecular flexibility index (Phi) is 3.95. The van der Waals surface area contributed by atoms with Gasteiger partial charge in [-0.2, -0.15) is 0 Å². The number of carbonyl (C=O) groups excluding carboxylic acids is 1. The molecule has 1 atom stereocenters. The van der Waals surface area contributed by atoms with E-state index in [1.807, 2.05) is 13.0 Å². The molecule has 0 radical (unpaired) electrons. The van der Waals surface area contributed by atoms with Gasteiger partial charge in [-0.15, -0.1) is 0 Å². The summed E-state index contributed by atoms with van der Waals surface area (Å²) in [7, 11) is 0. The summed E-state index contributed by atoms with van der Waals surface area (Å²) in [4.78, 5) is 11.7. The molecule has 18 heavy (non-hydrogen) atoms. The van der Waals surface area contributed by atoms with Crippen molar-refractivity contribution in [3.05, 3.63) is 22.2 Å². The van der Waals surface area contributed by atoms with Crippen LogP contribution in [0.25, 0.3) is 0 Å². The van der Waals surface area contributed by atoms with Crippen molar-refractivity contribution in [2.24, 2.45) is 5.92 Å². The van der Waals surface area contributed by atoms with Crippen LogP contribution in [0.5, 0.6) is 5.75 Å². The van der Waals surface area contributed by atoms with E-state index < -0.39 is 0 Å². The Labute approximate surface area is 116 Å². The van der Waals surface area contributed by atoms with E-state index in [9.17, 15) is 4.79 Å². The van der Waals surface area contributed by atoms with Gasteiger partial charge in [-0.3, -0.25) is 4.79 Å². The normalized spacial score (nSPS) is 18.9. The second-order valence-corrected chi connectivity index (χ2v) is 6.09. The van der Waals surface area contributed by atoms with E-state index in [1.165, 1.54) is 5.56 Å². The Bertz CT molecular complexity index is 471. The largest absolute Gasteiger partial charge is 0.487 e. The molecule has 1 aliphatic heterocycles. The monoisotopic (exact) mass is 311 g/mol. The topological polar surface area (TPSA) is 38.3 Å². The molecule has 0 spiro atoms. The van der Waals surface area contributed by atoms with Crippen LogP contribution in [0.2, 0.25) is 0 Å². The lowest BCUT2D eigenvalue weighted by Gasteiger charge is -2.15.